The lowest BCUT2D eigenvalue weighted by atomic mass is 10.2. The zero-order valence-electron chi connectivity index (χ0n) is 14.9. The smallest absolute Gasteiger partial charge is 0.240 e. The van der Waals surface area contributed by atoms with Gasteiger partial charge in [0, 0.05) is 23.4 Å². The molecule has 0 radical (unpaired) electrons. The Labute approximate surface area is 161 Å². The molecular weight excluding hydrogens is 376 g/mol. The first-order valence-electron chi connectivity index (χ1n) is 7.99. The number of hydrogen-bond acceptors (Lipinski definition) is 6. The van der Waals surface area contributed by atoms with Crippen LogP contribution in [0.4, 0.5) is 5.13 Å². The third-order valence-corrected chi connectivity index (χ3v) is 5.07. The third kappa shape index (κ3) is 5.50. The fraction of sp³-hybridized carbons (Fsp3) is 0.353. The minimum atomic E-state index is -0.167. The van der Waals surface area contributed by atoms with E-state index in [1.807, 2.05) is 32.0 Å². The SMILES string of the molecule is CC(=O)N(CCON(C=O)c1nc(C)c(C)s1)NCc1ccccc1Cl. The summed E-state index contributed by atoms with van der Waals surface area (Å²) in [6.07, 6.45) is 0.562. The van der Waals surface area contributed by atoms with Gasteiger partial charge < -0.3 is 0 Å². The first-order valence-corrected chi connectivity index (χ1v) is 9.18. The summed E-state index contributed by atoms with van der Waals surface area (Å²) in [5.74, 6) is -0.167. The van der Waals surface area contributed by atoms with Crippen molar-refractivity contribution >= 4 is 40.4 Å². The van der Waals surface area contributed by atoms with Gasteiger partial charge in [-0.1, -0.05) is 41.1 Å². The summed E-state index contributed by atoms with van der Waals surface area (Å²) in [5, 5.41) is 3.59. The second kappa shape index (κ2) is 9.63. The number of benzene rings is 1. The van der Waals surface area contributed by atoms with Crippen molar-refractivity contribution in [2.45, 2.75) is 27.3 Å². The molecule has 9 heteroatoms. The van der Waals surface area contributed by atoms with Crippen LogP contribution in [-0.2, 0) is 21.0 Å². The number of hydroxylamine groups is 1. The molecule has 0 atom stereocenters. The number of carbonyl (C=O) groups excluding carboxylic acids is 2. The van der Waals surface area contributed by atoms with Gasteiger partial charge in [0.25, 0.3) is 0 Å². The predicted molar refractivity (Wildman–Crippen MR) is 102 cm³/mol. The van der Waals surface area contributed by atoms with Crippen molar-refractivity contribution in [1.29, 1.82) is 0 Å². The highest BCUT2D eigenvalue weighted by molar-refractivity contribution is 7.15. The van der Waals surface area contributed by atoms with Gasteiger partial charge in [0.15, 0.2) is 0 Å². The van der Waals surface area contributed by atoms with Crippen molar-refractivity contribution in [2.75, 3.05) is 18.2 Å². The first kappa shape index (κ1) is 20.3. The molecule has 0 aliphatic rings. The van der Waals surface area contributed by atoms with E-state index in [1.165, 1.54) is 23.3 Å². The summed E-state index contributed by atoms with van der Waals surface area (Å²) in [7, 11) is 0. The van der Waals surface area contributed by atoms with Crippen LogP contribution in [0.3, 0.4) is 0 Å². The molecule has 140 valence electrons. The van der Waals surface area contributed by atoms with E-state index in [0.29, 0.717) is 23.1 Å². The maximum absolute atomic E-state index is 11.8. The number of hydrazine groups is 1. The van der Waals surface area contributed by atoms with Crippen LogP contribution in [0.5, 0.6) is 0 Å². The number of hydrogen-bond donors (Lipinski definition) is 1. The van der Waals surface area contributed by atoms with Crippen molar-refractivity contribution in [2.24, 2.45) is 0 Å². The fourth-order valence-electron chi connectivity index (χ4n) is 2.08. The van der Waals surface area contributed by atoms with Crippen LogP contribution in [0.2, 0.25) is 5.02 Å². The van der Waals surface area contributed by atoms with Crippen LogP contribution in [0.1, 0.15) is 23.1 Å². The molecule has 0 bridgehead atoms. The number of nitrogens with one attached hydrogen (secondary N) is 1. The van der Waals surface area contributed by atoms with Crippen molar-refractivity contribution < 1.29 is 14.4 Å². The van der Waals surface area contributed by atoms with Crippen molar-refractivity contribution in [3.8, 4) is 0 Å². The van der Waals surface area contributed by atoms with Crippen molar-refractivity contribution in [1.82, 2.24) is 15.4 Å². The standard InChI is InChI=1S/C17H21ClN4O3S/c1-12-13(2)26-17(20-12)22(11-23)25-9-8-21(14(3)24)19-10-15-6-4-5-7-16(15)18/h4-7,11,19H,8-10H2,1-3H3. The second-order valence-corrected chi connectivity index (χ2v) is 7.09. The number of halogens is 1. The lowest BCUT2D eigenvalue weighted by Gasteiger charge is -2.23. The van der Waals surface area contributed by atoms with Gasteiger partial charge >= 0.3 is 0 Å². The first-order chi connectivity index (χ1) is 12.4. The number of carbonyl (C=O) groups is 2. The van der Waals surface area contributed by atoms with Crippen LogP contribution in [0, 0.1) is 13.8 Å². The normalized spacial score (nSPS) is 10.6. The summed E-state index contributed by atoms with van der Waals surface area (Å²) in [5.41, 5.74) is 4.75. The van der Waals surface area contributed by atoms with E-state index in [9.17, 15) is 9.59 Å². The average molecular weight is 397 g/mol. The van der Waals surface area contributed by atoms with E-state index in [-0.39, 0.29) is 19.1 Å². The number of aromatic nitrogens is 1. The summed E-state index contributed by atoms with van der Waals surface area (Å²) in [6, 6.07) is 7.40. The monoisotopic (exact) mass is 396 g/mol. The largest absolute Gasteiger partial charge is 0.276 e. The number of anilines is 1. The highest BCUT2D eigenvalue weighted by atomic mass is 35.5. The van der Waals surface area contributed by atoms with Gasteiger partial charge in [-0.3, -0.25) is 19.4 Å². The Bertz CT molecular complexity index is 749. The van der Waals surface area contributed by atoms with Gasteiger partial charge in [0.2, 0.25) is 17.4 Å². The molecule has 0 aliphatic heterocycles. The Morgan fingerprint density at radius 1 is 1.38 bits per heavy atom. The topological polar surface area (TPSA) is 74.8 Å². The molecule has 1 N–H and O–H groups in total. The molecule has 0 aliphatic carbocycles. The summed E-state index contributed by atoms with van der Waals surface area (Å²) >= 11 is 7.48. The van der Waals surface area contributed by atoms with Gasteiger partial charge in [-0.25, -0.2) is 10.4 Å². The minimum Gasteiger partial charge on any atom is -0.276 e. The predicted octanol–water partition coefficient (Wildman–Crippen LogP) is 2.86. The zero-order valence-corrected chi connectivity index (χ0v) is 16.4. The Morgan fingerprint density at radius 2 is 2.12 bits per heavy atom. The molecule has 0 saturated carbocycles. The molecule has 1 aromatic heterocycles. The molecule has 0 saturated heterocycles. The minimum absolute atomic E-state index is 0.130. The number of amides is 2. The second-order valence-electron chi connectivity index (χ2n) is 5.50. The zero-order chi connectivity index (χ0) is 19.1. The highest BCUT2D eigenvalue weighted by Gasteiger charge is 2.15. The van der Waals surface area contributed by atoms with Gasteiger partial charge in [-0.2, -0.15) is 5.06 Å². The quantitative estimate of drug-likeness (QED) is 0.521. The number of nitrogens with zero attached hydrogens (tertiary/aromatic N) is 3. The maximum atomic E-state index is 11.8. The molecule has 0 unspecified atom stereocenters. The van der Waals surface area contributed by atoms with Crippen molar-refractivity contribution in [3.63, 3.8) is 0 Å². The average Bonchev–Trinajstić information content (AvgIpc) is 2.94. The number of thiazole rings is 1. The molecule has 26 heavy (non-hydrogen) atoms. The van der Waals surface area contributed by atoms with Gasteiger partial charge in [-0.05, 0) is 25.5 Å². The molecule has 0 fully saturated rings. The fourth-order valence-corrected chi connectivity index (χ4v) is 3.12. The van der Waals surface area contributed by atoms with E-state index in [2.05, 4.69) is 10.4 Å². The summed E-state index contributed by atoms with van der Waals surface area (Å²) in [6.45, 7) is 6.04. The number of rotatable bonds is 9. The molecule has 1 aromatic carbocycles. The van der Waals surface area contributed by atoms with Crippen LogP contribution >= 0.6 is 22.9 Å². The van der Waals surface area contributed by atoms with Crippen molar-refractivity contribution in [3.05, 3.63) is 45.4 Å². The van der Waals surface area contributed by atoms with Gasteiger partial charge in [0.05, 0.1) is 18.8 Å². The molecule has 7 nitrogen and oxygen atoms in total. The van der Waals surface area contributed by atoms with E-state index in [4.69, 9.17) is 16.4 Å². The van der Waals surface area contributed by atoms with E-state index >= 15 is 0 Å². The Morgan fingerprint density at radius 3 is 2.69 bits per heavy atom. The molecule has 2 aromatic rings. The Balaban J connectivity index is 1.88. The van der Waals surface area contributed by atoms with Crippen LogP contribution in [0.25, 0.3) is 0 Å². The van der Waals surface area contributed by atoms with Crippen LogP contribution in [0.15, 0.2) is 24.3 Å². The molecule has 2 rings (SSSR count). The van der Waals surface area contributed by atoms with E-state index < -0.39 is 0 Å². The summed E-state index contributed by atoms with van der Waals surface area (Å²) < 4.78 is 0. The Hall–Kier alpha value is -2.00. The molecule has 0 spiro atoms. The molecular formula is C17H21ClN4O3S. The van der Waals surface area contributed by atoms with E-state index in [0.717, 1.165) is 21.2 Å². The number of aryl methyl sites for hydroxylation is 2. The lowest BCUT2D eigenvalue weighted by molar-refractivity contribution is -0.133. The molecule has 1 heterocycles. The van der Waals surface area contributed by atoms with Gasteiger partial charge in [-0.15, -0.1) is 0 Å². The molecule has 2 amide bonds. The summed E-state index contributed by atoms with van der Waals surface area (Å²) in [4.78, 5) is 33.8. The highest BCUT2D eigenvalue weighted by Crippen LogP contribution is 2.24. The van der Waals surface area contributed by atoms with Crippen LogP contribution in [-0.4, -0.2) is 35.5 Å². The van der Waals surface area contributed by atoms with Crippen LogP contribution < -0.4 is 10.5 Å². The third-order valence-electron chi connectivity index (χ3n) is 3.65. The Kier molecular flexibility index (Phi) is 7.52. The lowest BCUT2D eigenvalue weighted by Crippen LogP contribution is -2.44. The van der Waals surface area contributed by atoms with Gasteiger partial charge in [0.1, 0.15) is 0 Å². The maximum Gasteiger partial charge on any atom is 0.240 e. The van der Waals surface area contributed by atoms with E-state index in [1.54, 1.807) is 6.07 Å².